The molecule has 0 N–H and O–H groups in total. The molecule has 5 nitrogen and oxygen atoms in total. The highest BCUT2D eigenvalue weighted by Gasteiger charge is 2.29. The van der Waals surface area contributed by atoms with Gasteiger partial charge in [0, 0.05) is 6.20 Å². The van der Waals surface area contributed by atoms with Gasteiger partial charge in [0.1, 0.15) is 6.10 Å². The largest absolute Gasteiger partial charge is 0.457 e. The van der Waals surface area contributed by atoms with E-state index in [9.17, 15) is 4.79 Å². The second-order valence-electron chi connectivity index (χ2n) is 5.02. The average molecular weight is 257 g/mol. The minimum atomic E-state index is -0.712. The molecule has 0 spiro atoms. The van der Waals surface area contributed by atoms with Crippen LogP contribution >= 0.6 is 0 Å². The molecule has 2 rings (SSSR count). The van der Waals surface area contributed by atoms with Crippen LogP contribution in [0.3, 0.4) is 0 Å². The Hall–Kier alpha value is -2.35. The molecule has 2 heterocycles. The van der Waals surface area contributed by atoms with Gasteiger partial charge in [-0.05, 0) is 32.9 Å². The third kappa shape index (κ3) is 2.58. The van der Waals surface area contributed by atoms with E-state index < -0.39 is 17.5 Å². The number of aromatic nitrogens is 2. The van der Waals surface area contributed by atoms with E-state index in [0.29, 0.717) is 5.56 Å². The number of carbonyl (C=O) groups excluding carboxylic acids is 1. The van der Waals surface area contributed by atoms with Crippen LogP contribution in [0, 0.1) is 16.7 Å². The van der Waals surface area contributed by atoms with E-state index in [2.05, 4.69) is 11.1 Å². The highest BCUT2D eigenvalue weighted by Crippen LogP contribution is 2.23. The van der Waals surface area contributed by atoms with Gasteiger partial charge in [0.2, 0.25) is 0 Å². The molecule has 0 aliphatic heterocycles. The molecule has 0 amide bonds. The summed E-state index contributed by atoms with van der Waals surface area (Å²) in [4.78, 5) is 16.0. The average Bonchev–Trinajstić information content (AvgIpc) is 2.85. The van der Waals surface area contributed by atoms with Gasteiger partial charge in [-0.15, -0.1) is 0 Å². The van der Waals surface area contributed by atoms with Gasteiger partial charge in [-0.3, -0.25) is 0 Å². The number of ether oxygens (including phenoxy) is 1. The summed E-state index contributed by atoms with van der Waals surface area (Å²) in [6.07, 6.45) is 4.59. The number of nitrogens with zero attached hydrogens (tertiary/aromatic N) is 3. The van der Waals surface area contributed by atoms with Crippen LogP contribution in [0.4, 0.5) is 0 Å². The van der Waals surface area contributed by atoms with Crippen LogP contribution in [0.15, 0.2) is 30.9 Å². The first-order valence-electron chi connectivity index (χ1n) is 5.98. The third-order valence-electron chi connectivity index (χ3n) is 3.24. The molecule has 19 heavy (non-hydrogen) atoms. The second-order valence-corrected chi connectivity index (χ2v) is 5.02. The fourth-order valence-electron chi connectivity index (χ4n) is 1.51. The van der Waals surface area contributed by atoms with E-state index in [-0.39, 0.29) is 0 Å². The standard InChI is InChI=1S/C14H15N3O2/c1-10(14(2,3)8-15)19-13(18)11-4-5-17-9-16-7-12(17)6-11/h4-7,9-10H,1-3H3. The molecule has 0 aliphatic carbocycles. The summed E-state index contributed by atoms with van der Waals surface area (Å²) in [5.74, 6) is -0.431. The molecule has 0 saturated carbocycles. The number of carbonyl (C=O) groups is 1. The number of nitriles is 1. The maximum atomic E-state index is 12.0. The summed E-state index contributed by atoms with van der Waals surface area (Å²) in [5, 5.41) is 9.01. The quantitative estimate of drug-likeness (QED) is 0.792. The van der Waals surface area contributed by atoms with Crippen LogP contribution in [0.25, 0.3) is 5.52 Å². The topological polar surface area (TPSA) is 67.4 Å². The number of hydrogen-bond acceptors (Lipinski definition) is 4. The SMILES string of the molecule is CC(OC(=O)c1ccn2cncc2c1)C(C)(C)C#N. The monoisotopic (exact) mass is 257 g/mol. The zero-order chi connectivity index (χ0) is 14.0. The van der Waals surface area contributed by atoms with E-state index in [1.54, 1.807) is 56.0 Å². The number of rotatable bonds is 3. The predicted octanol–water partition coefficient (Wildman–Crippen LogP) is 2.43. The molecule has 2 aromatic rings. The van der Waals surface area contributed by atoms with Crippen LogP contribution in [-0.4, -0.2) is 21.5 Å². The summed E-state index contributed by atoms with van der Waals surface area (Å²) >= 11 is 0. The summed E-state index contributed by atoms with van der Waals surface area (Å²) in [5.41, 5.74) is 0.561. The highest BCUT2D eigenvalue weighted by atomic mass is 16.5. The van der Waals surface area contributed by atoms with Crippen molar-refractivity contribution in [1.29, 1.82) is 5.26 Å². The second kappa shape index (κ2) is 4.73. The van der Waals surface area contributed by atoms with Crippen molar-refractivity contribution < 1.29 is 9.53 Å². The van der Waals surface area contributed by atoms with Crippen LogP contribution < -0.4 is 0 Å². The van der Waals surface area contributed by atoms with Gasteiger partial charge in [-0.2, -0.15) is 5.26 Å². The number of hydrogen-bond donors (Lipinski definition) is 0. The van der Waals surface area contributed by atoms with E-state index in [1.165, 1.54) is 0 Å². The predicted molar refractivity (Wildman–Crippen MR) is 69.5 cm³/mol. The molecular formula is C14H15N3O2. The fraction of sp³-hybridized carbons (Fsp3) is 0.357. The lowest BCUT2D eigenvalue weighted by molar-refractivity contribution is 0.0129. The zero-order valence-electron chi connectivity index (χ0n) is 11.1. The smallest absolute Gasteiger partial charge is 0.338 e. The number of pyridine rings is 1. The summed E-state index contributed by atoms with van der Waals surface area (Å²) < 4.78 is 7.13. The minimum absolute atomic E-state index is 0.431. The van der Waals surface area contributed by atoms with Crippen LogP contribution in [0.2, 0.25) is 0 Å². The van der Waals surface area contributed by atoms with Crippen molar-refractivity contribution in [2.45, 2.75) is 26.9 Å². The van der Waals surface area contributed by atoms with Gasteiger partial charge >= 0.3 is 5.97 Å². The normalized spacial score (nSPS) is 12.9. The maximum Gasteiger partial charge on any atom is 0.338 e. The lowest BCUT2D eigenvalue weighted by Gasteiger charge is -2.24. The van der Waals surface area contributed by atoms with E-state index >= 15 is 0 Å². The Bertz CT molecular complexity index is 652. The van der Waals surface area contributed by atoms with Crippen LogP contribution in [-0.2, 0) is 4.74 Å². The third-order valence-corrected chi connectivity index (χ3v) is 3.24. The Kier molecular flexibility index (Phi) is 3.26. The Morgan fingerprint density at radius 1 is 1.58 bits per heavy atom. The molecule has 0 aliphatic rings. The number of esters is 1. The van der Waals surface area contributed by atoms with Crippen LogP contribution in [0.1, 0.15) is 31.1 Å². The van der Waals surface area contributed by atoms with Gasteiger partial charge < -0.3 is 9.14 Å². The lowest BCUT2D eigenvalue weighted by atomic mass is 9.89. The number of fused-ring (bicyclic) bond motifs is 1. The minimum Gasteiger partial charge on any atom is -0.457 e. The Balaban J connectivity index is 2.18. The summed E-state index contributed by atoms with van der Waals surface area (Å²) in [7, 11) is 0. The van der Waals surface area contributed by atoms with Crippen molar-refractivity contribution >= 4 is 11.5 Å². The Morgan fingerprint density at radius 3 is 3.00 bits per heavy atom. The van der Waals surface area contributed by atoms with Crippen molar-refractivity contribution in [2.75, 3.05) is 0 Å². The summed E-state index contributed by atoms with van der Waals surface area (Å²) in [6, 6.07) is 5.51. The molecule has 1 unspecified atom stereocenters. The molecule has 0 fully saturated rings. The van der Waals surface area contributed by atoms with E-state index in [0.717, 1.165) is 5.52 Å². The summed E-state index contributed by atoms with van der Waals surface area (Å²) in [6.45, 7) is 5.20. The molecule has 5 heteroatoms. The van der Waals surface area contributed by atoms with Crippen molar-refractivity contribution in [2.24, 2.45) is 5.41 Å². The first kappa shape index (κ1) is 13.1. The Morgan fingerprint density at radius 2 is 2.32 bits per heavy atom. The first-order chi connectivity index (χ1) is 8.94. The van der Waals surface area contributed by atoms with Crippen molar-refractivity contribution in [1.82, 2.24) is 9.38 Å². The van der Waals surface area contributed by atoms with E-state index in [4.69, 9.17) is 10.00 Å². The van der Waals surface area contributed by atoms with Gasteiger partial charge in [0.05, 0.1) is 35.1 Å². The van der Waals surface area contributed by atoms with Crippen LogP contribution in [0.5, 0.6) is 0 Å². The molecular weight excluding hydrogens is 242 g/mol. The van der Waals surface area contributed by atoms with Gasteiger partial charge in [0.15, 0.2) is 0 Å². The molecule has 2 aromatic heterocycles. The molecule has 0 saturated heterocycles. The maximum absolute atomic E-state index is 12.0. The molecule has 0 aromatic carbocycles. The van der Waals surface area contributed by atoms with Gasteiger partial charge in [-0.25, -0.2) is 9.78 Å². The fourth-order valence-corrected chi connectivity index (χ4v) is 1.51. The van der Waals surface area contributed by atoms with Crippen molar-refractivity contribution in [3.05, 3.63) is 36.4 Å². The molecule has 98 valence electrons. The lowest BCUT2D eigenvalue weighted by Crippen LogP contribution is -2.30. The van der Waals surface area contributed by atoms with Crippen molar-refractivity contribution in [3.63, 3.8) is 0 Å². The molecule has 1 atom stereocenters. The molecule has 0 radical (unpaired) electrons. The molecule has 0 bridgehead atoms. The van der Waals surface area contributed by atoms with Gasteiger partial charge in [0.25, 0.3) is 0 Å². The van der Waals surface area contributed by atoms with Gasteiger partial charge in [-0.1, -0.05) is 0 Å². The van der Waals surface area contributed by atoms with E-state index in [1.807, 2.05) is 0 Å². The first-order valence-corrected chi connectivity index (χ1v) is 5.98. The van der Waals surface area contributed by atoms with Crippen molar-refractivity contribution in [3.8, 4) is 6.07 Å². The zero-order valence-corrected chi connectivity index (χ0v) is 11.1. The number of imidazole rings is 1. The highest BCUT2D eigenvalue weighted by molar-refractivity contribution is 5.90. The Labute approximate surface area is 111 Å².